The summed E-state index contributed by atoms with van der Waals surface area (Å²) < 4.78 is 8.94. The van der Waals surface area contributed by atoms with Crippen LogP contribution in [0.3, 0.4) is 0 Å². The smallest absolute Gasteiger partial charge is 0.233 e. The van der Waals surface area contributed by atoms with E-state index in [0.29, 0.717) is 0 Å². The number of hydrogen-bond donors (Lipinski definition) is 0. The molecule has 32 heavy (non-hydrogen) atoms. The van der Waals surface area contributed by atoms with E-state index in [4.69, 9.17) is 0 Å². The van der Waals surface area contributed by atoms with E-state index in [2.05, 4.69) is 141 Å². The Morgan fingerprint density at radius 3 is 1.66 bits per heavy atom. The van der Waals surface area contributed by atoms with Crippen LogP contribution in [-0.4, -0.2) is 9.13 Å². The molecule has 0 radical (unpaired) electrons. The number of imidazole rings is 2. The molecule has 0 aliphatic heterocycles. The lowest BCUT2D eigenvalue weighted by molar-refractivity contribution is -0.687. The van der Waals surface area contributed by atoms with Crippen LogP contribution in [-0.2, 0) is 26.2 Å². The largest absolute Gasteiger partial charge is 0.244 e. The molecule has 3 aromatic carbocycles. The van der Waals surface area contributed by atoms with Crippen LogP contribution in [0.25, 0.3) is 0 Å². The van der Waals surface area contributed by atoms with Gasteiger partial charge in [-0.05, 0) is 28.3 Å². The Morgan fingerprint density at radius 2 is 1.00 bits per heavy atom. The minimum absolute atomic E-state index is 0.870. The van der Waals surface area contributed by atoms with Crippen molar-refractivity contribution in [1.29, 1.82) is 0 Å². The molecule has 0 atom stereocenters. The van der Waals surface area contributed by atoms with Gasteiger partial charge in [-0.15, -0.1) is 0 Å². The molecular weight excluding hydrogens is 392 g/mol. The molecule has 5 rings (SSSR count). The Labute approximate surface area is 189 Å². The molecule has 0 bridgehead atoms. The van der Waals surface area contributed by atoms with E-state index < -0.39 is 0 Å². The first-order chi connectivity index (χ1) is 15.8. The summed E-state index contributed by atoms with van der Waals surface area (Å²) in [4.78, 5) is 0. The van der Waals surface area contributed by atoms with Crippen LogP contribution in [0.2, 0.25) is 0 Å². The third kappa shape index (κ3) is 5.22. The highest BCUT2D eigenvalue weighted by atomic mass is 15.1. The highest BCUT2D eigenvalue weighted by molar-refractivity contribution is 5.23. The van der Waals surface area contributed by atoms with E-state index in [-0.39, 0.29) is 0 Å². The van der Waals surface area contributed by atoms with Gasteiger partial charge in [0.25, 0.3) is 0 Å². The molecule has 0 amide bonds. The second-order valence-electron chi connectivity index (χ2n) is 8.31. The fourth-order valence-corrected chi connectivity index (χ4v) is 4.09. The number of aromatic nitrogens is 4. The summed E-state index contributed by atoms with van der Waals surface area (Å²) in [6.07, 6.45) is 12.9. The van der Waals surface area contributed by atoms with Crippen molar-refractivity contribution in [1.82, 2.24) is 9.13 Å². The number of benzene rings is 3. The third-order valence-electron chi connectivity index (χ3n) is 5.63. The average molecular weight is 421 g/mol. The SMILES string of the molecule is c1ccc(Cn2cc[n+](Cc3cccc(Cn4cc[n+](Cc5ccccc5)c4)c3)c2)cc1. The lowest BCUT2D eigenvalue weighted by Crippen LogP contribution is -2.31. The van der Waals surface area contributed by atoms with Crippen molar-refractivity contribution in [3.8, 4) is 0 Å². The van der Waals surface area contributed by atoms with Gasteiger partial charge in [-0.1, -0.05) is 78.9 Å². The molecule has 4 heteroatoms. The van der Waals surface area contributed by atoms with Gasteiger partial charge in [0.2, 0.25) is 12.7 Å². The van der Waals surface area contributed by atoms with Gasteiger partial charge in [-0.25, -0.2) is 18.3 Å². The summed E-state index contributed by atoms with van der Waals surface area (Å²) in [5.41, 5.74) is 5.26. The minimum Gasteiger partial charge on any atom is -0.233 e. The zero-order valence-corrected chi connectivity index (χ0v) is 18.2. The summed E-state index contributed by atoms with van der Waals surface area (Å²) in [5.74, 6) is 0. The second-order valence-corrected chi connectivity index (χ2v) is 8.31. The molecule has 0 fully saturated rings. The molecule has 0 aliphatic rings. The normalized spacial score (nSPS) is 11.0. The third-order valence-corrected chi connectivity index (χ3v) is 5.63. The molecule has 158 valence electrons. The molecule has 2 aromatic heterocycles. The average Bonchev–Trinajstić information content (AvgIpc) is 3.44. The van der Waals surface area contributed by atoms with Crippen LogP contribution in [0.1, 0.15) is 22.3 Å². The fourth-order valence-electron chi connectivity index (χ4n) is 4.09. The van der Waals surface area contributed by atoms with Crippen LogP contribution >= 0.6 is 0 Å². The Bertz CT molecular complexity index is 1170. The van der Waals surface area contributed by atoms with Crippen molar-refractivity contribution >= 4 is 0 Å². The van der Waals surface area contributed by atoms with Gasteiger partial charge in [0.15, 0.2) is 0 Å². The van der Waals surface area contributed by atoms with Gasteiger partial charge in [-0.3, -0.25) is 0 Å². The van der Waals surface area contributed by atoms with E-state index in [1.165, 1.54) is 22.3 Å². The lowest BCUT2D eigenvalue weighted by atomic mass is 10.1. The van der Waals surface area contributed by atoms with Crippen LogP contribution < -0.4 is 9.13 Å². The van der Waals surface area contributed by atoms with Crippen LogP contribution in [0.4, 0.5) is 0 Å². The van der Waals surface area contributed by atoms with Crippen molar-refractivity contribution < 1.29 is 9.13 Å². The predicted molar refractivity (Wildman–Crippen MR) is 125 cm³/mol. The zero-order chi connectivity index (χ0) is 21.6. The number of hydrogen-bond acceptors (Lipinski definition) is 0. The van der Waals surface area contributed by atoms with Crippen LogP contribution in [0.15, 0.2) is 122 Å². The van der Waals surface area contributed by atoms with E-state index in [9.17, 15) is 0 Å². The quantitative estimate of drug-likeness (QED) is 0.337. The van der Waals surface area contributed by atoms with Gasteiger partial charge < -0.3 is 0 Å². The van der Waals surface area contributed by atoms with Crippen molar-refractivity contribution in [2.75, 3.05) is 0 Å². The maximum atomic E-state index is 2.31. The fraction of sp³-hybridized carbons (Fsp3) is 0.143. The second kappa shape index (κ2) is 9.48. The van der Waals surface area contributed by atoms with Crippen LogP contribution in [0.5, 0.6) is 0 Å². The zero-order valence-electron chi connectivity index (χ0n) is 18.2. The summed E-state index contributed by atoms with van der Waals surface area (Å²) in [7, 11) is 0. The van der Waals surface area contributed by atoms with E-state index in [1.807, 2.05) is 0 Å². The van der Waals surface area contributed by atoms with E-state index in [1.54, 1.807) is 0 Å². The highest BCUT2D eigenvalue weighted by Crippen LogP contribution is 2.08. The van der Waals surface area contributed by atoms with Gasteiger partial charge in [0.05, 0.1) is 0 Å². The monoisotopic (exact) mass is 420 g/mol. The molecule has 0 aliphatic carbocycles. The maximum absolute atomic E-state index is 2.31. The van der Waals surface area contributed by atoms with Crippen molar-refractivity contribution in [3.05, 3.63) is 145 Å². The van der Waals surface area contributed by atoms with Gasteiger partial charge in [0.1, 0.15) is 51.0 Å². The molecule has 0 N–H and O–H groups in total. The highest BCUT2D eigenvalue weighted by Gasteiger charge is 2.09. The molecule has 0 spiro atoms. The van der Waals surface area contributed by atoms with Gasteiger partial charge in [0, 0.05) is 0 Å². The summed E-state index contributed by atoms with van der Waals surface area (Å²) >= 11 is 0. The molecular formula is C28H28N4+2. The lowest BCUT2D eigenvalue weighted by Gasteiger charge is -2.03. The summed E-state index contributed by atoms with van der Waals surface area (Å²) in [6.45, 7) is 3.53. The maximum Gasteiger partial charge on any atom is 0.244 e. The Balaban J connectivity index is 1.22. The van der Waals surface area contributed by atoms with Crippen molar-refractivity contribution in [2.24, 2.45) is 0 Å². The summed E-state index contributed by atoms with van der Waals surface area (Å²) in [6, 6.07) is 30.0. The predicted octanol–water partition coefficient (Wildman–Crippen LogP) is 4.06. The van der Waals surface area contributed by atoms with Gasteiger partial charge in [-0.2, -0.15) is 0 Å². The molecule has 0 saturated carbocycles. The molecule has 0 unspecified atom stereocenters. The number of nitrogens with zero attached hydrogens (tertiary/aromatic N) is 4. The first-order valence-corrected chi connectivity index (χ1v) is 11.1. The van der Waals surface area contributed by atoms with Crippen LogP contribution in [0, 0.1) is 0 Å². The standard InChI is InChI=1S/C28H28N4/c1-3-8-25(9-4-1)19-29-14-16-31(23-29)21-27-12-7-13-28(18-27)22-32-17-15-30(24-32)20-26-10-5-2-6-11-26/h1-18,23-24H,19-22H2/q+2. The van der Waals surface area contributed by atoms with Crippen molar-refractivity contribution in [3.63, 3.8) is 0 Å². The molecule has 0 saturated heterocycles. The topological polar surface area (TPSA) is 17.6 Å². The first kappa shape index (κ1) is 20.0. The van der Waals surface area contributed by atoms with E-state index in [0.717, 1.165) is 26.2 Å². The molecule has 4 nitrogen and oxygen atoms in total. The van der Waals surface area contributed by atoms with Gasteiger partial charge >= 0.3 is 0 Å². The van der Waals surface area contributed by atoms with Crippen molar-refractivity contribution in [2.45, 2.75) is 26.2 Å². The Morgan fingerprint density at radius 1 is 0.500 bits per heavy atom. The first-order valence-electron chi connectivity index (χ1n) is 11.1. The Hall–Kier alpha value is -3.92. The Kier molecular flexibility index (Phi) is 5.93. The molecule has 5 aromatic rings. The number of rotatable bonds is 8. The summed E-state index contributed by atoms with van der Waals surface area (Å²) in [5, 5.41) is 0. The minimum atomic E-state index is 0.870. The molecule has 2 heterocycles. The van der Waals surface area contributed by atoms with E-state index >= 15 is 0 Å².